The number of carbonyl (C=O) groups is 2. The van der Waals surface area contributed by atoms with E-state index < -0.39 is 12.6 Å². The van der Waals surface area contributed by atoms with Gasteiger partial charge in [-0.2, -0.15) is 11.8 Å². The fraction of sp³-hybridized carbons (Fsp3) is 0.385. The number of hydrogen-bond donors (Lipinski definition) is 2. The van der Waals surface area contributed by atoms with Gasteiger partial charge in [0.15, 0.2) is 6.61 Å². The molecule has 2 N–H and O–H groups in total. The Balaban J connectivity index is 2.54. The summed E-state index contributed by atoms with van der Waals surface area (Å²) < 4.78 is 4.99. The molecule has 1 rings (SSSR count). The summed E-state index contributed by atoms with van der Waals surface area (Å²) in [5.74, 6) is 0.427. The van der Waals surface area contributed by atoms with Crippen molar-refractivity contribution in [1.29, 1.82) is 0 Å². The van der Waals surface area contributed by atoms with Crippen molar-refractivity contribution in [3.8, 4) is 5.75 Å². The van der Waals surface area contributed by atoms with Crippen molar-refractivity contribution in [1.82, 2.24) is 0 Å². The number of nitrogens with one attached hydrogen (secondary N) is 1. The molecule has 0 saturated heterocycles. The minimum absolute atomic E-state index is 0.0984. The van der Waals surface area contributed by atoms with Gasteiger partial charge in [0.2, 0.25) is 5.91 Å². The molecule has 0 fully saturated rings. The predicted molar refractivity (Wildman–Crippen MR) is 80.8 cm³/mol. The van der Waals surface area contributed by atoms with E-state index in [9.17, 15) is 9.59 Å². The van der Waals surface area contributed by atoms with E-state index in [-0.39, 0.29) is 16.7 Å². The molecule has 0 spiro atoms. The van der Waals surface area contributed by atoms with Gasteiger partial charge in [-0.3, -0.25) is 4.79 Å². The van der Waals surface area contributed by atoms with Gasteiger partial charge in [0.25, 0.3) is 0 Å². The molecule has 0 saturated carbocycles. The lowest BCUT2D eigenvalue weighted by molar-refractivity contribution is -0.139. The topological polar surface area (TPSA) is 75.6 Å². The van der Waals surface area contributed by atoms with Crippen LogP contribution in [0.5, 0.6) is 5.75 Å². The van der Waals surface area contributed by atoms with Gasteiger partial charge in [-0.1, -0.05) is 18.5 Å². The van der Waals surface area contributed by atoms with Crippen LogP contribution in [0.25, 0.3) is 0 Å². The Morgan fingerprint density at radius 2 is 2.20 bits per heavy atom. The first-order valence-electron chi connectivity index (χ1n) is 6.04. The van der Waals surface area contributed by atoms with E-state index in [0.29, 0.717) is 11.4 Å². The Kier molecular flexibility index (Phi) is 7.25. The van der Waals surface area contributed by atoms with Gasteiger partial charge in [-0.15, -0.1) is 0 Å². The third-order valence-corrected chi connectivity index (χ3v) is 3.61. The lowest BCUT2D eigenvalue weighted by Crippen LogP contribution is -2.14. The Hall–Kier alpha value is -1.40. The molecule has 1 amide bonds. The molecule has 20 heavy (non-hydrogen) atoms. The number of thioether (sulfide) groups is 1. The highest BCUT2D eigenvalue weighted by molar-refractivity contribution is 7.99. The summed E-state index contributed by atoms with van der Waals surface area (Å²) in [6.45, 7) is 1.60. The molecule has 0 aliphatic rings. The minimum Gasteiger partial charge on any atom is -0.480 e. The molecule has 0 bridgehead atoms. The lowest BCUT2D eigenvalue weighted by atomic mass is 10.3. The molecule has 1 aromatic carbocycles. The molecule has 0 unspecified atom stereocenters. The maximum Gasteiger partial charge on any atom is 0.341 e. The SMILES string of the molecule is CCCSCC(=O)Nc1ccc(OCC(=O)O)c(Cl)c1. The molecule has 0 atom stereocenters. The number of carboxylic acid groups (broad SMARTS) is 1. The summed E-state index contributed by atoms with van der Waals surface area (Å²) in [5, 5.41) is 11.5. The van der Waals surface area contributed by atoms with Crippen molar-refractivity contribution in [3.05, 3.63) is 23.2 Å². The molecule has 0 aromatic heterocycles. The molecule has 110 valence electrons. The Labute approximate surface area is 126 Å². The van der Waals surface area contributed by atoms with Crippen molar-refractivity contribution in [2.45, 2.75) is 13.3 Å². The van der Waals surface area contributed by atoms with Gasteiger partial charge >= 0.3 is 5.97 Å². The van der Waals surface area contributed by atoms with E-state index in [1.54, 1.807) is 17.8 Å². The number of benzene rings is 1. The summed E-state index contributed by atoms with van der Waals surface area (Å²) in [6, 6.07) is 4.67. The van der Waals surface area contributed by atoms with Crippen LogP contribution in [-0.4, -0.2) is 35.1 Å². The number of anilines is 1. The fourth-order valence-electron chi connectivity index (χ4n) is 1.34. The molecule has 0 heterocycles. The van der Waals surface area contributed by atoms with Crippen LogP contribution in [0.2, 0.25) is 5.02 Å². The second-order valence-corrected chi connectivity index (χ2v) is 5.44. The lowest BCUT2D eigenvalue weighted by Gasteiger charge is -2.09. The van der Waals surface area contributed by atoms with E-state index in [1.807, 2.05) is 0 Å². The standard InChI is InChI=1S/C13H16ClNO4S/c1-2-5-20-8-12(16)15-9-3-4-11(10(14)6-9)19-7-13(17)18/h3-4,6H,2,5,7-8H2,1H3,(H,15,16)(H,17,18). The van der Waals surface area contributed by atoms with Crippen molar-refractivity contribution < 1.29 is 19.4 Å². The van der Waals surface area contributed by atoms with E-state index in [4.69, 9.17) is 21.4 Å². The molecule has 7 heteroatoms. The number of amides is 1. The van der Waals surface area contributed by atoms with Gasteiger partial charge in [0.1, 0.15) is 5.75 Å². The van der Waals surface area contributed by atoms with E-state index in [0.717, 1.165) is 12.2 Å². The third kappa shape index (κ3) is 6.16. The van der Waals surface area contributed by atoms with Gasteiger partial charge in [0.05, 0.1) is 10.8 Å². The molecule has 1 aromatic rings. The van der Waals surface area contributed by atoms with Gasteiger partial charge in [0, 0.05) is 5.69 Å². The van der Waals surface area contributed by atoms with E-state index >= 15 is 0 Å². The Morgan fingerprint density at radius 3 is 2.80 bits per heavy atom. The highest BCUT2D eigenvalue weighted by atomic mass is 35.5. The first kappa shape index (κ1) is 16.7. The summed E-state index contributed by atoms with van der Waals surface area (Å²) in [7, 11) is 0. The largest absolute Gasteiger partial charge is 0.480 e. The quantitative estimate of drug-likeness (QED) is 0.721. The molecule has 0 aliphatic carbocycles. The van der Waals surface area contributed by atoms with Crippen molar-refractivity contribution >= 4 is 40.9 Å². The van der Waals surface area contributed by atoms with Crippen LogP contribution >= 0.6 is 23.4 Å². The zero-order valence-electron chi connectivity index (χ0n) is 11.0. The first-order valence-corrected chi connectivity index (χ1v) is 7.58. The molecule has 5 nitrogen and oxygen atoms in total. The number of hydrogen-bond acceptors (Lipinski definition) is 4. The fourth-order valence-corrected chi connectivity index (χ4v) is 2.27. The van der Waals surface area contributed by atoms with E-state index in [2.05, 4.69) is 12.2 Å². The van der Waals surface area contributed by atoms with Crippen LogP contribution < -0.4 is 10.1 Å². The zero-order chi connectivity index (χ0) is 15.0. The second kappa shape index (κ2) is 8.71. The van der Waals surface area contributed by atoms with E-state index in [1.165, 1.54) is 12.1 Å². The number of rotatable bonds is 8. The van der Waals surface area contributed by atoms with Crippen molar-refractivity contribution in [3.63, 3.8) is 0 Å². The maximum absolute atomic E-state index is 11.6. The minimum atomic E-state index is -1.08. The second-order valence-electron chi connectivity index (χ2n) is 3.93. The maximum atomic E-state index is 11.6. The summed E-state index contributed by atoms with van der Waals surface area (Å²) >= 11 is 7.51. The van der Waals surface area contributed by atoms with Crippen molar-refractivity contribution in [2.24, 2.45) is 0 Å². The number of carboxylic acids is 1. The summed E-state index contributed by atoms with van der Waals surface area (Å²) in [6.07, 6.45) is 1.03. The third-order valence-electron chi connectivity index (χ3n) is 2.15. The normalized spacial score (nSPS) is 10.1. The molecule has 0 radical (unpaired) electrons. The average molecular weight is 318 g/mol. The monoisotopic (exact) mass is 317 g/mol. The van der Waals surface area contributed by atoms with Crippen LogP contribution in [-0.2, 0) is 9.59 Å². The number of ether oxygens (including phenoxy) is 1. The summed E-state index contributed by atoms with van der Waals surface area (Å²) in [5.41, 5.74) is 0.555. The van der Waals surface area contributed by atoms with Gasteiger partial charge < -0.3 is 15.2 Å². The van der Waals surface area contributed by atoms with Crippen LogP contribution in [0.4, 0.5) is 5.69 Å². The summed E-state index contributed by atoms with van der Waals surface area (Å²) in [4.78, 5) is 22.0. The highest BCUT2D eigenvalue weighted by Gasteiger charge is 2.07. The molecule has 0 aliphatic heterocycles. The van der Waals surface area contributed by atoms with Crippen LogP contribution in [0.15, 0.2) is 18.2 Å². The first-order chi connectivity index (χ1) is 9.52. The average Bonchev–Trinajstić information content (AvgIpc) is 2.38. The Bertz CT molecular complexity index is 481. The van der Waals surface area contributed by atoms with Gasteiger partial charge in [-0.25, -0.2) is 4.79 Å². The zero-order valence-corrected chi connectivity index (χ0v) is 12.6. The van der Waals surface area contributed by atoms with Crippen LogP contribution in [0.1, 0.15) is 13.3 Å². The molecular formula is C13H16ClNO4S. The number of carbonyl (C=O) groups excluding carboxylic acids is 1. The van der Waals surface area contributed by atoms with Gasteiger partial charge in [-0.05, 0) is 30.4 Å². The highest BCUT2D eigenvalue weighted by Crippen LogP contribution is 2.27. The number of aliphatic carboxylic acids is 1. The predicted octanol–water partition coefficient (Wildman–Crippen LogP) is 2.89. The number of halogens is 1. The Morgan fingerprint density at radius 1 is 1.45 bits per heavy atom. The van der Waals surface area contributed by atoms with Crippen molar-refractivity contribution in [2.75, 3.05) is 23.4 Å². The van der Waals surface area contributed by atoms with Crippen LogP contribution in [0.3, 0.4) is 0 Å². The smallest absolute Gasteiger partial charge is 0.341 e. The molecular weight excluding hydrogens is 302 g/mol. The van der Waals surface area contributed by atoms with Crippen LogP contribution in [0, 0.1) is 0 Å².